The van der Waals surface area contributed by atoms with Crippen molar-refractivity contribution >= 4 is 52.3 Å². The first kappa shape index (κ1) is 20.0. The van der Waals surface area contributed by atoms with Gasteiger partial charge in [-0.1, -0.05) is 34.8 Å². The summed E-state index contributed by atoms with van der Waals surface area (Å²) in [5.41, 5.74) is 0.867. The van der Waals surface area contributed by atoms with E-state index in [9.17, 15) is 4.79 Å². The number of halogens is 3. The van der Waals surface area contributed by atoms with Gasteiger partial charge in [-0.2, -0.15) is 14.6 Å². The Morgan fingerprint density at radius 2 is 1.79 bits per heavy atom. The highest BCUT2D eigenvalue weighted by atomic mass is 35.5. The Balaban J connectivity index is 1.37. The molecule has 1 aromatic carbocycles. The highest BCUT2D eigenvalue weighted by Crippen LogP contribution is 2.33. The Bertz CT molecular complexity index is 1070. The summed E-state index contributed by atoms with van der Waals surface area (Å²) >= 11 is 18.0. The van der Waals surface area contributed by atoms with Gasteiger partial charge in [0.05, 0.1) is 15.1 Å². The largest absolute Gasteiger partial charge is 0.482 e. The van der Waals surface area contributed by atoms with Crippen LogP contribution in [0.4, 0.5) is 5.82 Å². The monoisotopic (exact) mass is 454 g/mol. The lowest BCUT2D eigenvalue weighted by Crippen LogP contribution is -2.50. The zero-order valence-electron chi connectivity index (χ0n) is 15.5. The van der Waals surface area contributed by atoms with Gasteiger partial charge in [0.25, 0.3) is 11.7 Å². The number of ether oxygens (including phenoxy) is 1. The van der Waals surface area contributed by atoms with E-state index >= 15 is 0 Å². The van der Waals surface area contributed by atoms with Crippen molar-refractivity contribution in [3.8, 4) is 5.75 Å². The second-order valence-corrected chi connectivity index (χ2v) is 7.80. The molecule has 3 aromatic rings. The minimum absolute atomic E-state index is 0.122. The maximum atomic E-state index is 12.5. The average molecular weight is 456 g/mol. The predicted octanol–water partition coefficient (Wildman–Crippen LogP) is 3.12. The molecule has 1 aliphatic rings. The van der Waals surface area contributed by atoms with Crippen LogP contribution < -0.4 is 9.64 Å². The molecule has 152 valence electrons. The lowest BCUT2D eigenvalue weighted by molar-refractivity contribution is -0.133. The van der Waals surface area contributed by atoms with Gasteiger partial charge in [-0.05, 0) is 13.0 Å². The molecule has 29 heavy (non-hydrogen) atoms. The van der Waals surface area contributed by atoms with Crippen LogP contribution in [0.15, 0.2) is 24.5 Å². The Morgan fingerprint density at radius 1 is 1.07 bits per heavy atom. The normalized spacial score (nSPS) is 14.5. The van der Waals surface area contributed by atoms with Gasteiger partial charge in [0, 0.05) is 44.0 Å². The third-order valence-corrected chi connectivity index (χ3v) is 5.66. The summed E-state index contributed by atoms with van der Waals surface area (Å²) in [6.45, 7) is 4.25. The average Bonchev–Trinajstić information content (AvgIpc) is 3.17. The number of fused-ring (bicyclic) bond motifs is 1. The molecule has 0 unspecified atom stereocenters. The highest BCUT2D eigenvalue weighted by molar-refractivity contribution is 6.43. The minimum Gasteiger partial charge on any atom is -0.482 e. The maximum absolute atomic E-state index is 12.5. The topological polar surface area (TPSA) is 75.9 Å². The molecular formula is C18H17Cl3N6O2. The number of anilines is 1. The molecule has 0 aliphatic carbocycles. The molecule has 1 aliphatic heterocycles. The van der Waals surface area contributed by atoms with Crippen LogP contribution in [-0.2, 0) is 4.79 Å². The van der Waals surface area contributed by atoms with Gasteiger partial charge in [0.1, 0.15) is 17.9 Å². The van der Waals surface area contributed by atoms with Crippen LogP contribution in [0.25, 0.3) is 5.78 Å². The zero-order chi connectivity index (χ0) is 20.5. The summed E-state index contributed by atoms with van der Waals surface area (Å²) < 4.78 is 7.26. The van der Waals surface area contributed by atoms with Crippen LogP contribution >= 0.6 is 34.8 Å². The minimum atomic E-state index is -0.126. The van der Waals surface area contributed by atoms with Crippen molar-refractivity contribution in [2.45, 2.75) is 6.92 Å². The summed E-state index contributed by atoms with van der Waals surface area (Å²) in [6, 6.07) is 4.97. The first-order valence-corrected chi connectivity index (χ1v) is 10.0. The third kappa shape index (κ3) is 4.19. The molecule has 1 saturated heterocycles. The van der Waals surface area contributed by atoms with Gasteiger partial charge in [-0.15, -0.1) is 0 Å². The molecule has 0 spiro atoms. The molecule has 1 amide bonds. The van der Waals surface area contributed by atoms with Crippen molar-refractivity contribution in [3.05, 3.63) is 45.3 Å². The number of benzene rings is 1. The molecule has 8 nitrogen and oxygen atoms in total. The van der Waals surface area contributed by atoms with E-state index in [0.29, 0.717) is 52.8 Å². The Hall–Kier alpha value is -2.29. The molecule has 11 heteroatoms. The number of aryl methyl sites for hydroxylation is 1. The van der Waals surface area contributed by atoms with Gasteiger partial charge in [0.2, 0.25) is 0 Å². The van der Waals surface area contributed by atoms with Crippen molar-refractivity contribution in [2.24, 2.45) is 0 Å². The molecule has 3 heterocycles. The first-order valence-electron chi connectivity index (χ1n) is 8.90. The summed E-state index contributed by atoms with van der Waals surface area (Å²) in [7, 11) is 0. The molecule has 0 radical (unpaired) electrons. The standard InChI is InChI=1S/C18H17Cl3N6O2/c1-11-6-16(27-18(24-11)22-10-23-27)25-2-4-26(5-3-25)17(28)9-29-15-8-13(20)12(19)7-14(15)21/h6-8,10H,2-5,9H2,1H3. The first-order chi connectivity index (χ1) is 13.9. The van der Waals surface area contributed by atoms with E-state index < -0.39 is 0 Å². The summed E-state index contributed by atoms with van der Waals surface area (Å²) in [4.78, 5) is 25.0. The van der Waals surface area contributed by atoms with Gasteiger partial charge in [-0.25, -0.2) is 4.98 Å². The van der Waals surface area contributed by atoms with E-state index in [0.717, 1.165) is 11.5 Å². The van der Waals surface area contributed by atoms with Gasteiger partial charge in [-0.3, -0.25) is 4.79 Å². The van der Waals surface area contributed by atoms with Crippen LogP contribution in [0.2, 0.25) is 15.1 Å². The van der Waals surface area contributed by atoms with Gasteiger partial charge in [0.15, 0.2) is 6.61 Å². The number of hydrogen-bond acceptors (Lipinski definition) is 6. The number of rotatable bonds is 4. The van der Waals surface area contributed by atoms with Crippen molar-refractivity contribution in [2.75, 3.05) is 37.7 Å². The van der Waals surface area contributed by atoms with Crippen LogP contribution in [-0.4, -0.2) is 63.2 Å². The fourth-order valence-corrected chi connectivity index (χ4v) is 3.76. The summed E-state index contributed by atoms with van der Waals surface area (Å²) in [5, 5.41) is 5.20. The van der Waals surface area contributed by atoms with E-state index in [4.69, 9.17) is 39.5 Å². The number of aromatic nitrogens is 4. The van der Waals surface area contributed by atoms with E-state index in [2.05, 4.69) is 20.0 Å². The van der Waals surface area contributed by atoms with Crippen molar-refractivity contribution in [1.82, 2.24) is 24.5 Å². The van der Waals surface area contributed by atoms with E-state index in [1.165, 1.54) is 18.5 Å². The molecule has 2 aromatic heterocycles. The number of amides is 1. The lowest BCUT2D eigenvalue weighted by atomic mass is 10.3. The molecule has 0 N–H and O–H groups in total. The molecule has 0 bridgehead atoms. The van der Waals surface area contributed by atoms with Crippen molar-refractivity contribution in [3.63, 3.8) is 0 Å². The van der Waals surface area contributed by atoms with Crippen molar-refractivity contribution < 1.29 is 9.53 Å². The van der Waals surface area contributed by atoms with Crippen LogP contribution in [0.3, 0.4) is 0 Å². The van der Waals surface area contributed by atoms with Gasteiger partial charge >= 0.3 is 0 Å². The molecule has 4 rings (SSSR count). The number of carbonyl (C=O) groups excluding carboxylic acids is 1. The molecule has 0 saturated carbocycles. The zero-order valence-corrected chi connectivity index (χ0v) is 17.7. The Labute approximate surface area is 181 Å². The number of nitrogens with zero attached hydrogens (tertiary/aromatic N) is 6. The Morgan fingerprint density at radius 3 is 2.55 bits per heavy atom. The SMILES string of the molecule is Cc1cc(N2CCN(C(=O)COc3cc(Cl)c(Cl)cc3Cl)CC2)n2ncnc2n1. The van der Waals surface area contributed by atoms with E-state index in [1.807, 2.05) is 13.0 Å². The lowest BCUT2D eigenvalue weighted by Gasteiger charge is -2.35. The molecule has 1 fully saturated rings. The summed E-state index contributed by atoms with van der Waals surface area (Å²) in [5.74, 6) is 1.68. The van der Waals surface area contributed by atoms with E-state index in [1.54, 1.807) is 9.42 Å². The van der Waals surface area contributed by atoms with Crippen LogP contribution in [0.5, 0.6) is 5.75 Å². The third-order valence-electron chi connectivity index (χ3n) is 4.64. The van der Waals surface area contributed by atoms with Crippen molar-refractivity contribution in [1.29, 1.82) is 0 Å². The van der Waals surface area contributed by atoms with Crippen LogP contribution in [0, 0.1) is 6.92 Å². The molecule has 0 atom stereocenters. The maximum Gasteiger partial charge on any atom is 0.260 e. The smallest absolute Gasteiger partial charge is 0.260 e. The predicted molar refractivity (Wildman–Crippen MR) is 111 cm³/mol. The fraction of sp³-hybridized carbons (Fsp3) is 0.333. The fourth-order valence-electron chi connectivity index (χ4n) is 3.17. The quantitative estimate of drug-likeness (QED) is 0.563. The number of piperazine rings is 1. The second kappa shape index (κ2) is 8.22. The molecular weight excluding hydrogens is 439 g/mol. The second-order valence-electron chi connectivity index (χ2n) is 6.58. The number of hydrogen-bond donors (Lipinski definition) is 0. The van der Waals surface area contributed by atoms with Crippen LogP contribution in [0.1, 0.15) is 5.69 Å². The van der Waals surface area contributed by atoms with Gasteiger partial charge < -0.3 is 14.5 Å². The Kier molecular flexibility index (Phi) is 5.67. The van der Waals surface area contributed by atoms with E-state index in [-0.39, 0.29) is 12.5 Å². The summed E-state index contributed by atoms with van der Waals surface area (Å²) in [6.07, 6.45) is 1.48. The number of carbonyl (C=O) groups is 1. The highest BCUT2D eigenvalue weighted by Gasteiger charge is 2.24.